The molecular formula is C24H20Cl2FN3O. The quantitative estimate of drug-likeness (QED) is 0.345. The molecule has 0 fully saturated rings. The first-order chi connectivity index (χ1) is 15.0. The highest BCUT2D eigenvalue weighted by atomic mass is 35.5. The topological polar surface area (TPSA) is 30.3 Å². The maximum Gasteiger partial charge on any atom is 0.142 e. The molecule has 7 heteroatoms. The molecule has 4 nitrogen and oxygen atoms in total. The molecule has 0 aliphatic carbocycles. The van der Waals surface area contributed by atoms with E-state index in [2.05, 4.69) is 16.0 Å². The smallest absolute Gasteiger partial charge is 0.142 e. The Morgan fingerprint density at radius 3 is 2.87 bits per heavy atom. The van der Waals surface area contributed by atoms with E-state index in [9.17, 15) is 4.39 Å². The van der Waals surface area contributed by atoms with E-state index in [1.54, 1.807) is 12.3 Å². The fourth-order valence-corrected chi connectivity index (χ4v) is 4.55. The van der Waals surface area contributed by atoms with E-state index >= 15 is 0 Å². The van der Waals surface area contributed by atoms with Crippen molar-refractivity contribution in [3.8, 4) is 11.4 Å². The van der Waals surface area contributed by atoms with E-state index in [0.29, 0.717) is 23.3 Å². The van der Waals surface area contributed by atoms with Crippen molar-refractivity contribution < 1.29 is 9.13 Å². The van der Waals surface area contributed by atoms with E-state index in [0.717, 1.165) is 52.1 Å². The molecule has 5 rings (SSSR count). The number of pyridine rings is 1. The van der Waals surface area contributed by atoms with Crippen LogP contribution in [-0.4, -0.2) is 27.6 Å². The number of benzene rings is 2. The molecule has 1 aliphatic rings. The predicted octanol–water partition coefficient (Wildman–Crippen LogP) is 6.17. The summed E-state index contributed by atoms with van der Waals surface area (Å²) < 4.78 is 21.6. The van der Waals surface area contributed by atoms with Gasteiger partial charge in [0.05, 0.1) is 10.5 Å². The summed E-state index contributed by atoms with van der Waals surface area (Å²) in [6.07, 6.45) is 3.67. The summed E-state index contributed by atoms with van der Waals surface area (Å²) in [5, 5.41) is 1.95. The molecule has 0 radical (unpaired) electrons. The lowest BCUT2D eigenvalue weighted by Crippen LogP contribution is -2.25. The van der Waals surface area contributed by atoms with Gasteiger partial charge in [0.2, 0.25) is 0 Å². The summed E-state index contributed by atoms with van der Waals surface area (Å²) in [4.78, 5) is 6.46. The molecular weight excluding hydrogens is 436 g/mol. The summed E-state index contributed by atoms with van der Waals surface area (Å²) >= 11 is 12.8. The van der Waals surface area contributed by atoms with Crippen LogP contribution in [0.5, 0.6) is 5.75 Å². The maximum absolute atomic E-state index is 13.6. The van der Waals surface area contributed by atoms with E-state index in [1.807, 2.05) is 35.9 Å². The number of rotatable bonds is 3. The molecule has 4 aromatic rings. The van der Waals surface area contributed by atoms with Crippen LogP contribution in [0.1, 0.15) is 16.7 Å². The Hall–Kier alpha value is -2.60. The van der Waals surface area contributed by atoms with Crippen molar-refractivity contribution in [1.29, 1.82) is 0 Å². The first-order valence-electron chi connectivity index (χ1n) is 10.0. The van der Waals surface area contributed by atoms with Crippen LogP contribution in [0.2, 0.25) is 10.2 Å². The average Bonchev–Trinajstić information content (AvgIpc) is 3.04. The molecule has 0 bridgehead atoms. The van der Waals surface area contributed by atoms with Gasteiger partial charge in [-0.15, -0.1) is 0 Å². The van der Waals surface area contributed by atoms with Gasteiger partial charge in [0.25, 0.3) is 0 Å². The Labute approximate surface area is 189 Å². The van der Waals surface area contributed by atoms with Gasteiger partial charge in [-0.1, -0.05) is 23.2 Å². The minimum atomic E-state index is -0.249. The van der Waals surface area contributed by atoms with Crippen molar-refractivity contribution in [3.63, 3.8) is 0 Å². The molecule has 0 N–H and O–H groups in total. The van der Waals surface area contributed by atoms with Crippen molar-refractivity contribution in [2.45, 2.75) is 20.0 Å². The average molecular weight is 456 g/mol. The molecule has 0 saturated carbocycles. The second kappa shape index (κ2) is 8.15. The number of nitrogens with zero attached hydrogens (tertiary/aromatic N) is 3. The fourth-order valence-electron chi connectivity index (χ4n) is 4.08. The third-order valence-corrected chi connectivity index (χ3v) is 6.39. The van der Waals surface area contributed by atoms with Crippen molar-refractivity contribution in [2.75, 3.05) is 13.2 Å². The van der Waals surface area contributed by atoms with Gasteiger partial charge in [-0.2, -0.15) is 0 Å². The second-order valence-electron chi connectivity index (χ2n) is 7.75. The molecule has 2 aromatic carbocycles. The van der Waals surface area contributed by atoms with Crippen molar-refractivity contribution >= 4 is 34.1 Å². The number of fused-ring (bicyclic) bond motifs is 2. The fraction of sp³-hybridized carbons (Fsp3) is 0.208. The Bertz CT molecular complexity index is 1290. The predicted molar refractivity (Wildman–Crippen MR) is 122 cm³/mol. The van der Waals surface area contributed by atoms with Crippen LogP contribution in [0.15, 0.2) is 54.9 Å². The van der Waals surface area contributed by atoms with Crippen molar-refractivity contribution in [1.82, 2.24) is 14.5 Å². The van der Waals surface area contributed by atoms with Gasteiger partial charge >= 0.3 is 0 Å². The molecule has 31 heavy (non-hydrogen) atoms. The Kier molecular flexibility index (Phi) is 5.34. The number of hydrogen-bond donors (Lipinski definition) is 0. The van der Waals surface area contributed by atoms with E-state index < -0.39 is 0 Å². The summed E-state index contributed by atoms with van der Waals surface area (Å²) in [6, 6.07) is 12.7. The van der Waals surface area contributed by atoms with E-state index in [-0.39, 0.29) is 5.82 Å². The van der Waals surface area contributed by atoms with Gasteiger partial charge in [0.15, 0.2) is 0 Å². The lowest BCUT2D eigenvalue weighted by atomic mass is 10.1. The first kappa shape index (κ1) is 20.3. The van der Waals surface area contributed by atoms with Crippen LogP contribution >= 0.6 is 23.2 Å². The molecule has 0 spiro atoms. The highest BCUT2D eigenvalue weighted by Crippen LogP contribution is 2.35. The summed E-state index contributed by atoms with van der Waals surface area (Å²) in [7, 11) is 0. The largest absolute Gasteiger partial charge is 0.490 e. The van der Waals surface area contributed by atoms with E-state index in [1.165, 1.54) is 12.1 Å². The van der Waals surface area contributed by atoms with Crippen LogP contribution in [-0.2, 0) is 13.1 Å². The Balaban J connectivity index is 1.50. The first-order valence-corrected chi connectivity index (χ1v) is 10.8. The summed E-state index contributed by atoms with van der Waals surface area (Å²) in [6.45, 7) is 4.74. The molecule has 158 valence electrons. The van der Waals surface area contributed by atoms with Crippen molar-refractivity contribution in [2.24, 2.45) is 0 Å². The van der Waals surface area contributed by atoms with E-state index in [4.69, 9.17) is 27.9 Å². The zero-order chi connectivity index (χ0) is 21.5. The second-order valence-corrected chi connectivity index (χ2v) is 8.51. The minimum absolute atomic E-state index is 0.249. The van der Waals surface area contributed by atoms with Crippen LogP contribution in [0, 0.1) is 12.7 Å². The highest BCUT2D eigenvalue weighted by Gasteiger charge is 2.20. The minimum Gasteiger partial charge on any atom is -0.490 e. The van der Waals surface area contributed by atoms with Gasteiger partial charge in [0.1, 0.15) is 23.3 Å². The lowest BCUT2D eigenvalue weighted by Gasteiger charge is -2.21. The van der Waals surface area contributed by atoms with Gasteiger partial charge in [-0.25, -0.2) is 9.37 Å². The highest BCUT2D eigenvalue weighted by molar-refractivity contribution is 6.32. The number of aromatic nitrogens is 2. The monoisotopic (exact) mass is 455 g/mol. The van der Waals surface area contributed by atoms with Gasteiger partial charge in [0, 0.05) is 48.7 Å². The summed E-state index contributed by atoms with van der Waals surface area (Å²) in [5.41, 5.74) is 4.99. The third-order valence-electron chi connectivity index (χ3n) is 5.73. The molecule has 1 aliphatic heterocycles. The van der Waals surface area contributed by atoms with Crippen molar-refractivity contribution in [3.05, 3.63) is 87.5 Å². The molecule has 3 heterocycles. The molecule has 0 unspecified atom stereocenters. The zero-order valence-corrected chi connectivity index (χ0v) is 18.4. The number of ether oxygens (including phenoxy) is 1. The van der Waals surface area contributed by atoms with Gasteiger partial charge < -0.3 is 9.30 Å². The van der Waals surface area contributed by atoms with Crippen LogP contribution in [0.3, 0.4) is 0 Å². The third kappa shape index (κ3) is 3.89. The zero-order valence-electron chi connectivity index (χ0n) is 16.9. The van der Waals surface area contributed by atoms with Crippen LogP contribution < -0.4 is 4.74 Å². The SMILES string of the molecule is Cc1c(CN2CCOc3c(Cl)cc(-n4ccc5cc(F)ccc54)cc3C2)ccnc1Cl. The molecule has 0 amide bonds. The normalized spacial score (nSPS) is 14.3. The number of halogens is 3. The Morgan fingerprint density at radius 2 is 2.00 bits per heavy atom. The molecule has 0 saturated heterocycles. The van der Waals surface area contributed by atoms with Gasteiger partial charge in [-0.3, -0.25) is 4.90 Å². The molecule has 0 atom stereocenters. The van der Waals surface area contributed by atoms with Crippen LogP contribution in [0.4, 0.5) is 4.39 Å². The molecule has 2 aromatic heterocycles. The lowest BCUT2D eigenvalue weighted by molar-refractivity contribution is 0.219. The summed E-state index contributed by atoms with van der Waals surface area (Å²) in [5.74, 6) is 0.473. The van der Waals surface area contributed by atoms with Gasteiger partial charge in [-0.05, 0) is 60.5 Å². The Morgan fingerprint density at radius 1 is 1.13 bits per heavy atom. The maximum atomic E-state index is 13.6. The number of hydrogen-bond acceptors (Lipinski definition) is 3. The van der Waals surface area contributed by atoms with Crippen LogP contribution in [0.25, 0.3) is 16.6 Å². The standard InChI is InChI=1S/C24H20Cl2FN3O/c1-15-17(4-6-28-24(15)26)13-29-8-9-31-23-18(14-29)11-20(12-21(23)25)30-7-5-16-10-19(27)2-3-22(16)30/h2-7,10-12H,8-9,13-14H2,1H3.